The summed E-state index contributed by atoms with van der Waals surface area (Å²) in [6, 6.07) is 11.5. The van der Waals surface area contributed by atoms with Crippen LogP contribution in [0.3, 0.4) is 0 Å². The molecule has 19 heavy (non-hydrogen) atoms. The molecule has 0 aliphatic rings. The molecule has 0 fully saturated rings. The molecule has 3 nitrogen and oxygen atoms in total. The van der Waals surface area contributed by atoms with E-state index in [4.69, 9.17) is 4.74 Å². The van der Waals surface area contributed by atoms with Gasteiger partial charge in [-0.15, -0.1) is 0 Å². The SMILES string of the molecule is COc1ccc(O)c(CNc2ccc(I)cc2C)c1. The summed E-state index contributed by atoms with van der Waals surface area (Å²) in [7, 11) is 1.62. The van der Waals surface area contributed by atoms with E-state index < -0.39 is 0 Å². The highest BCUT2D eigenvalue weighted by atomic mass is 127. The predicted molar refractivity (Wildman–Crippen MR) is 85.9 cm³/mol. The molecule has 2 N–H and O–H groups in total. The van der Waals surface area contributed by atoms with Crippen molar-refractivity contribution in [1.82, 2.24) is 0 Å². The van der Waals surface area contributed by atoms with E-state index in [1.165, 1.54) is 9.13 Å². The Balaban J connectivity index is 2.14. The van der Waals surface area contributed by atoms with Gasteiger partial charge in [0, 0.05) is 21.4 Å². The lowest BCUT2D eigenvalue weighted by molar-refractivity contribution is 0.411. The molecule has 0 aromatic heterocycles. The number of aryl methyl sites for hydroxylation is 1. The van der Waals surface area contributed by atoms with Crippen LogP contribution in [-0.4, -0.2) is 12.2 Å². The number of benzene rings is 2. The van der Waals surface area contributed by atoms with E-state index in [0.29, 0.717) is 6.54 Å². The van der Waals surface area contributed by atoms with Gasteiger partial charge in [0.1, 0.15) is 11.5 Å². The van der Waals surface area contributed by atoms with Crippen LogP contribution in [-0.2, 0) is 6.54 Å². The molecule has 0 heterocycles. The average Bonchev–Trinajstić information content (AvgIpc) is 2.39. The van der Waals surface area contributed by atoms with Crippen molar-refractivity contribution in [3.05, 3.63) is 51.1 Å². The standard InChI is InChI=1S/C15H16INO2/c1-10-7-12(16)3-5-14(10)17-9-11-8-13(19-2)4-6-15(11)18/h3-8,17-18H,9H2,1-2H3. The lowest BCUT2D eigenvalue weighted by Gasteiger charge is -2.12. The van der Waals surface area contributed by atoms with Gasteiger partial charge >= 0.3 is 0 Å². The number of nitrogens with one attached hydrogen (secondary N) is 1. The Kier molecular flexibility index (Phi) is 4.52. The summed E-state index contributed by atoms with van der Waals surface area (Å²) in [5.74, 6) is 1.02. The van der Waals surface area contributed by atoms with Crippen LogP contribution < -0.4 is 10.1 Å². The van der Waals surface area contributed by atoms with Crippen molar-refractivity contribution in [3.63, 3.8) is 0 Å². The fourth-order valence-corrected chi connectivity index (χ4v) is 2.49. The minimum absolute atomic E-state index is 0.275. The van der Waals surface area contributed by atoms with Crippen molar-refractivity contribution in [2.24, 2.45) is 0 Å². The molecule has 0 bridgehead atoms. The lowest BCUT2D eigenvalue weighted by atomic mass is 10.1. The van der Waals surface area contributed by atoms with Crippen LogP contribution >= 0.6 is 22.6 Å². The molecule has 0 amide bonds. The number of aromatic hydroxyl groups is 1. The molecule has 0 unspecified atom stereocenters. The Morgan fingerprint density at radius 1 is 1.21 bits per heavy atom. The first-order valence-electron chi connectivity index (χ1n) is 5.96. The summed E-state index contributed by atoms with van der Waals surface area (Å²) in [5.41, 5.74) is 3.08. The molecule has 2 rings (SSSR count). The Hall–Kier alpha value is -1.43. The highest BCUT2D eigenvalue weighted by Gasteiger charge is 2.04. The molecule has 0 atom stereocenters. The summed E-state index contributed by atoms with van der Waals surface area (Å²) >= 11 is 2.29. The van der Waals surface area contributed by atoms with Crippen LogP contribution in [0.2, 0.25) is 0 Å². The number of methoxy groups -OCH3 is 1. The summed E-state index contributed by atoms with van der Waals surface area (Å²) in [5, 5.41) is 13.2. The van der Waals surface area contributed by atoms with Crippen molar-refractivity contribution in [1.29, 1.82) is 0 Å². The van der Waals surface area contributed by atoms with Crippen LogP contribution in [0.25, 0.3) is 0 Å². The summed E-state index contributed by atoms with van der Waals surface area (Å²) in [4.78, 5) is 0. The maximum Gasteiger partial charge on any atom is 0.120 e. The number of hydrogen-bond acceptors (Lipinski definition) is 3. The zero-order valence-electron chi connectivity index (χ0n) is 10.9. The molecule has 0 aliphatic heterocycles. The number of rotatable bonds is 4. The Morgan fingerprint density at radius 2 is 2.00 bits per heavy atom. The quantitative estimate of drug-likeness (QED) is 0.803. The monoisotopic (exact) mass is 369 g/mol. The van der Waals surface area contributed by atoms with E-state index >= 15 is 0 Å². The molecule has 0 aliphatic carbocycles. The van der Waals surface area contributed by atoms with E-state index in [1.54, 1.807) is 19.2 Å². The van der Waals surface area contributed by atoms with E-state index in [0.717, 1.165) is 17.0 Å². The van der Waals surface area contributed by atoms with Crippen molar-refractivity contribution >= 4 is 28.3 Å². The first-order valence-corrected chi connectivity index (χ1v) is 7.04. The number of ether oxygens (including phenoxy) is 1. The van der Waals surface area contributed by atoms with E-state index in [1.807, 2.05) is 12.1 Å². The Bertz CT molecular complexity index is 584. The van der Waals surface area contributed by atoms with Gasteiger partial charge in [0.2, 0.25) is 0 Å². The zero-order chi connectivity index (χ0) is 13.8. The number of phenols is 1. The number of halogens is 1. The zero-order valence-corrected chi connectivity index (χ0v) is 13.1. The van der Waals surface area contributed by atoms with Gasteiger partial charge in [-0.05, 0) is 71.5 Å². The molecule has 0 saturated carbocycles. The molecule has 4 heteroatoms. The second-order valence-electron chi connectivity index (χ2n) is 4.31. The molecule has 0 spiro atoms. The Morgan fingerprint density at radius 3 is 2.68 bits per heavy atom. The topological polar surface area (TPSA) is 41.5 Å². The van der Waals surface area contributed by atoms with E-state index in [9.17, 15) is 5.11 Å². The fraction of sp³-hybridized carbons (Fsp3) is 0.200. The fourth-order valence-electron chi connectivity index (χ4n) is 1.85. The lowest BCUT2D eigenvalue weighted by Crippen LogP contribution is -2.02. The van der Waals surface area contributed by atoms with Crippen LogP contribution in [0.1, 0.15) is 11.1 Å². The van der Waals surface area contributed by atoms with Gasteiger partial charge in [-0.25, -0.2) is 0 Å². The van der Waals surface area contributed by atoms with Gasteiger partial charge in [-0.3, -0.25) is 0 Å². The summed E-state index contributed by atoms with van der Waals surface area (Å²) in [6.07, 6.45) is 0. The molecule has 2 aromatic carbocycles. The molecule has 0 radical (unpaired) electrons. The van der Waals surface area contributed by atoms with Gasteiger partial charge in [-0.1, -0.05) is 0 Å². The van der Waals surface area contributed by atoms with Gasteiger partial charge in [0.05, 0.1) is 7.11 Å². The van der Waals surface area contributed by atoms with Crippen LogP contribution in [0.15, 0.2) is 36.4 Å². The molecule has 0 saturated heterocycles. The first-order chi connectivity index (χ1) is 9.10. The van der Waals surface area contributed by atoms with Crippen molar-refractivity contribution in [2.75, 3.05) is 12.4 Å². The predicted octanol–water partition coefficient (Wildman–Crippen LogP) is 3.93. The number of anilines is 1. The van der Waals surface area contributed by atoms with Crippen LogP contribution in [0.4, 0.5) is 5.69 Å². The highest BCUT2D eigenvalue weighted by Crippen LogP contribution is 2.25. The minimum Gasteiger partial charge on any atom is -0.508 e. The third-order valence-corrected chi connectivity index (χ3v) is 3.62. The van der Waals surface area contributed by atoms with Crippen molar-refractivity contribution in [2.45, 2.75) is 13.5 Å². The van der Waals surface area contributed by atoms with E-state index in [-0.39, 0.29) is 5.75 Å². The summed E-state index contributed by atoms with van der Waals surface area (Å²) < 4.78 is 6.37. The molecule has 100 valence electrons. The second-order valence-corrected chi connectivity index (χ2v) is 5.55. The van der Waals surface area contributed by atoms with Gasteiger partial charge < -0.3 is 15.2 Å². The second kappa shape index (κ2) is 6.14. The number of phenolic OH excluding ortho intramolecular Hbond substituents is 1. The highest BCUT2D eigenvalue weighted by molar-refractivity contribution is 14.1. The van der Waals surface area contributed by atoms with E-state index in [2.05, 4.69) is 47.0 Å². The average molecular weight is 369 g/mol. The summed E-state index contributed by atoms with van der Waals surface area (Å²) in [6.45, 7) is 2.63. The van der Waals surface area contributed by atoms with Gasteiger partial charge in [-0.2, -0.15) is 0 Å². The smallest absolute Gasteiger partial charge is 0.120 e. The van der Waals surface area contributed by atoms with Crippen LogP contribution in [0.5, 0.6) is 11.5 Å². The van der Waals surface area contributed by atoms with Crippen molar-refractivity contribution in [3.8, 4) is 11.5 Å². The largest absolute Gasteiger partial charge is 0.508 e. The van der Waals surface area contributed by atoms with Crippen molar-refractivity contribution < 1.29 is 9.84 Å². The Labute approximate surface area is 126 Å². The molecular weight excluding hydrogens is 353 g/mol. The third kappa shape index (κ3) is 3.53. The maximum absolute atomic E-state index is 9.83. The normalized spacial score (nSPS) is 10.3. The van der Waals surface area contributed by atoms with Gasteiger partial charge in [0.25, 0.3) is 0 Å². The molecule has 2 aromatic rings. The van der Waals surface area contributed by atoms with Gasteiger partial charge in [0.15, 0.2) is 0 Å². The van der Waals surface area contributed by atoms with Crippen LogP contribution in [0, 0.1) is 10.5 Å². The maximum atomic E-state index is 9.83. The third-order valence-electron chi connectivity index (χ3n) is 2.94. The first kappa shape index (κ1) is 14.0. The minimum atomic E-state index is 0.275. The number of hydrogen-bond donors (Lipinski definition) is 2. The molecular formula is C15H16INO2.